The minimum Gasteiger partial charge on any atom is -0.454 e. The van der Waals surface area contributed by atoms with Gasteiger partial charge < -0.3 is 14.8 Å². The first kappa shape index (κ1) is 17.0. The van der Waals surface area contributed by atoms with Crippen molar-refractivity contribution in [2.45, 2.75) is 57.2 Å². The van der Waals surface area contributed by atoms with Crippen LogP contribution in [0.15, 0.2) is 30.5 Å². The number of aromatic amines is 1. The molecule has 0 radical (unpaired) electrons. The molecule has 0 saturated heterocycles. The summed E-state index contributed by atoms with van der Waals surface area (Å²) in [4.78, 5) is 29.1. The maximum Gasteiger partial charge on any atom is 0.312 e. The number of carbonyl (C=O) groups excluding carboxylic acids is 2. The zero-order chi connectivity index (χ0) is 18.8. The Morgan fingerprint density at radius 2 is 1.89 bits per heavy atom. The van der Waals surface area contributed by atoms with Crippen LogP contribution >= 0.6 is 0 Å². The Bertz CT molecular complexity index is 915. The fourth-order valence-corrected chi connectivity index (χ4v) is 6.29. The van der Waals surface area contributed by atoms with Crippen LogP contribution in [0.4, 0.5) is 0 Å². The van der Waals surface area contributed by atoms with Crippen LogP contribution in [-0.2, 0) is 9.53 Å². The molecule has 0 aliphatic heterocycles. The summed E-state index contributed by atoms with van der Waals surface area (Å²) in [5.74, 6) is 0.326. The van der Waals surface area contributed by atoms with Crippen molar-refractivity contribution in [3.8, 4) is 0 Å². The van der Waals surface area contributed by atoms with Gasteiger partial charge in [-0.1, -0.05) is 18.2 Å². The number of carbonyl (C=O) groups is 2. The number of benzene rings is 1. The molecule has 0 amide bonds. The smallest absolute Gasteiger partial charge is 0.312 e. The van der Waals surface area contributed by atoms with Gasteiger partial charge in [0.15, 0.2) is 6.10 Å². The van der Waals surface area contributed by atoms with Crippen molar-refractivity contribution in [3.05, 3.63) is 36.0 Å². The number of nitrogens with one attached hydrogen (secondary N) is 1. The number of aliphatic hydroxyl groups is 1. The zero-order valence-electron chi connectivity index (χ0n) is 15.5. The number of aromatic nitrogens is 1. The Balaban J connectivity index is 1.36. The van der Waals surface area contributed by atoms with Crippen LogP contribution in [0.25, 0.3) is 10.9 Å². The van der Waals surface area contributed by atoms with Crippen LogP contribution in [0.3, 0.4) is 0 Å². The van der Waals surface area contributed by atoms with Crippen molar-refractivity contribution in [1.82, 2.24) is 4.98 Å². The molecule has 2 N–H and O–H groups in total. The van der Waals surface area contributed by atoms with Crippen molar-refractivity contribution >= 4 is 22.7 Å². The van der Waals surface area contributed by atoms with Crippen LogP contribution in [0.1, 0.15) is 55.8 Å². The summed E-state index contributed by atoms with van der Waals surface area (Å²) < 4.78 is 5.70. The highest BCUT2D eigenvalue weighted by Crippen LogP contribution is 2.62. The molecule has 5 nitrogen and oxygen atoms in total. The summed E-state index contributed by atoms with van der Waals surface area (Å²) in [6.45, 7) is 1.65. The number of ketones is 1. The van der Waals surface area contributed by atoms with E-state index < -0.39 is 17.1 Å². The largest absolute Gasteiger partial charge is 0.454 e. The van der Waals surface area contributed by atoms with E-state index in [0.29, 0.717) is 23.8 Å². The van der Waals surface area contributed by atoms with Gasteiger partial charge in [-0.05, 0) is 63.4 Å². The van der Waals surface area contributed by atoms with Gasteiger partial charge >= 0.3 is 5.97 Å². The Morgan fingerprint density at radius 1 is 1.19 bits per heavy atom. The van der Waals surface area contributed by atoms with Gasteiger partial charge in [0.2, 0.25) is 5.78 Å². The van der Waals surface area contributed by atoms with E-state index in [2.05, 4.69) is 4.98 Å². The summed E-state index contributed by atoms with van der Waals surface area (Å²) >= 11 is 0. The van der Waals surface area contributed by atoms with Gasteiger partial charge in [0.1, 0.15) is 0 Å². The van der Waals surface area contributed by atoms with E-state index in [-0.39, 0.29) is 11.8 Å². The quantitative estimate of drug-likeness (QED) is 0.639. The molecule has 0 spiro atoms. The monoisotopic (exact) mass is 367 g/mol. The number of ether oxygens (including phenoxy) is 1. The lowest BCUT2D eigenvalue weighted by atomic mass is 9.48. The van der Waals surface area contributed by atoms with Crippen molar-refractivity contribution < 1.29 is 19.4 Å². The molecule has 4 saturated carbocycles. The highest BCUT2D eigenvalue weighted by Gasteiger charge is 2.61. The summed E-state index contributed by atoms with van der Waals surface area (Å²) in [6.07, 6.45) is 5.65. The van der Waals surface area contributed by atoms with E-state index in [9.17, 15) is 14.7 Å². The van der Waals surface area contributed by atoms with Crippen molar-refractivity contribution in [2.24, 2.45) is 17.3 Å². The van der Waals surface area contributed by atoms with Gasteiger partial charge in [-0.15, -0.1) is 0 Å². The summed E-state index contributed by atoms with van der Waals surface area (Å²) in [7, 11) is 0. The summed E-state index contributed by atoms with van der Waals surface area (Å²) in [5.41, 5.74) is 0.124. The Hall–Kier alpha value is -2.14. The number of Topliss-reactive ketones (excluding diaryl/α,β-unsaturated/α-hetero) is 1. The highest BCUT2D eigenvalue weighted by molar-refractivity contribution is 6.10. The maximum atomic E-state index is 13.1. The first-order chi connectivity index (χ1) is 12.9. The number of esters is 1. The third kappa shape index (κ3) is 2.63. The zero-order valence-corrected chi connectivity index (χ0v) is 15.5. The van der Waals surface area contributed by atoms with Crippen LogP contribution in [-0.4, -0.2) is 33.5 Å². The van der Waals surface area contributed by atoms with Crippen molar-refractivity contribution in [1.29, 1.82) is 0 Å². The number of hydrogen-bond donors (Lipinski definition) is 2. The molecule has 1 aromatic carbocycles. The van der Waals surface area contributed by atoms with E-state index >= 15 is 0 Å². The normalized spacial score (nSPS) is 35.3. The van der Waals surface area contributed by atoms with Gasteiger partial charge in [-0.25, -0.2) is 0 Å². The third-order valence-electron chi connectivity index (χ3n) is 6.97. The Labute approximate surface area is 158 Å². The van der Waals surface area contributed by atoms with E-state index in [0.717, 1.165) is 43.0 Å². The van der Waals surface area contributed by atoms with E-state index in [1.807, 2.05) is 24.3 Å². The molecule has 4 aliphatic carbocycles. The predicted octanol–water partition coefficient (Wildman–Crippen LogP) is 3.61. The fraction of sp³-hybridized carbons (Fsp3) is 0.545. The average Bonchev–Trinajstić information content (AvgIpc) is 3.03. The van der Waals surface area contributed by atoms with E-state index in [1.165, 1.54) is 0 Å². The third-order valence-corrected chi connectivity index (χ3v) is 6.97. The molecule has 6 rings (SSSR count). The lowest BCUT2D eigenvalue weighted by Crippen LogP contribution is -2.58. The molecule has 1 aromatic heterocycles. The number of H-pyrrole nitrogens is 1. The van der Waals surface area contributed by atoms with Crippen LogP contribution in [0, 0.1) is 17.3 Å². The highest BCUT2D eigenvalue weighted by atomic mass is 16.5. The molecular formula is C22H25NO4. The molecule has 2 aromatic rings. The lowest BCUT2D eigenvalue weighted by molar-refractivity contribution is -0.197. The molecule has 4 aliphatic rings. The second-order valence-corrected chi connectivity index (χ2v) is 9.13. The molecular weight excluding hydrogens is 342 g/mol. The maximum absolute atomic E-state index is 13.1. The predicted molar refractivity (Wildman–Crippen MR) is 100 cm³/mol. The molecule has 142 valence electrons. The Morgan fingerprint density at radius 3 is 2.59 bits per heavy atom. The minimum atomic E-state index is -0.834. The molecule has 4 fully saturated rings. The molecule has 3 atom stereocenters. The van der Waals surface area contributed by atoms with Gasteiger partial charge in [0, 0.05) is 22.7 Å². The van der Waals surface area contributed by atoms with Crippen LogP contribution in [0.5, 0.6) is 0 Å². The average molecular weight is 367 g/mol. The first-order valence-electron chi connectivity index (χ1n) is 9.91. The van der Waals surface area contributed by atoms with Gasteiger partial charge in [0.25, 0.3) is 0 Å². The molecule has 5 heteroatoms. The topological polar surface area (TPSA) is 79.4 Å². The molecule has 4 bridgehead atoms. The number of hydrogen-bond acceptors (Lipinski definition) is 4. The van der Waals surface area contributed by atoms with Crippen LogP contribution < -0.4 is 0 Å². The molecule has 0 unspecified atom stereocenters. The van der Waals surface area contributed by atoms with E-state index in [1.54, 1.807) is 13.1 Å². The van der Waals surface area contributed by atoms with Gasteiger partial charge in [0.05, 0.1) is 11.0 Å². The first-order valence-corrected chi connectivity index (χ1v) is 9.91. The lowest BCUT2D eigenvalue weighted by Gasteiger charge is -2.58. The SMILES string of the molecule is C[C@H](OC(=O)C12C[C@H]3C[C@@H](CC(O)(C3)C1)C2)C(=O)c1c[nH]c2ccccc12. The standard InChI is InChI=1S/C22H25NO4/c1-13(19(24)17-11-23-18-5-3-2-4-16(17)18)27-20(25)21-7-14-6-15(8-21)10-22(26,9-14)12-21/h2-5,11,13-15,23,26H,6-10,12H2,1H3/t13-,14+,15+,21?,22?/m0/s1. The van der Waals surface area contributed by atoms with Crippen LogP contribution in [0.2, 0.25) is 0 Å². The number of fused-ring (bicyclic) bond motifs is 1. The molecule has 1 heterocycles. The number of rotatable bonds is 4. The van der Waals surface area contributed by atoms with Crippen molar-refractivity contribution in [3.63, 3.8) is 0 Å². The second-order valence-electron chi connectivity index (χ2n) is 9.13. The van der Waals surface area contributed by atoms with Crippen molar-refractivity contribution in [2.75, 3.05) is 0 Å². The molecule has 27 heavy (non-hydrogen) atoms. The minimum absolute atomic E-state index is 0.191. The van der Waals surface area contributed by atoms with Gasteiger partial charge in [-0.2, -0.15) is 0 Å². The Kier molecular flexibility index (Phi) is 3.57. The van der Waals surface area contributed by atoms with Gasteiger partial charge in [-0.3, -0.25) is 9.59 Å². The second kappa shape index (κ2) is 5.68. The fourth-order valence-electron chi connectivity index (χ4n) is 6.29. The summed E-state index contributed by atoms with van der Waals surface area (Å²) in [6, 6.07) is 7.61. The summed E-state index contributed by atoms with van der Waals surface area (Å²) in [5, 5.41) is 11.7. The number of para-hydroxylation sites is 1. The van der Waals surface area contributed by atoms with E-state index in [4.69, 9.17) is 4.74 Å².